The van der Waals surface area contributed by atoms with Crippen LogP contribution in [-0.4, -0.2) is 59.7 Å². The SMILES string of the molecule is CCOC(=O)C1=C(COCC(C)(O)c2ncc[nH]2)N=C(C)C(C(=O)OC)C1c1cccc(Cl)c1Cl. The molecule has 0 saturated heterocycles. The van der Waals surface area contributed by atoms with Gasteiger partial charge in [0.1, 0.15) is 17.3 Å². The number of halogens is 2. The molecule has 1 aromatic heterocycles. The molecule has 0 spiro atoms. The summed E-state index contributed by atoms with van der Waals surface area (Å²) in [4.78, 5) is 37.5. The lowest BCUT2D eigenvalue weighted by molar-refractivity contribution is -0.144. The third-order valence-electron chi connectivity index (χ3n) is 5.61. The number of methoxy groups -OCH3 is 1. The van der Waals surface area contributed by atoms with Gasteiger partial charge in [-0.2, -0.15) is 0 Å². The third kappa shape index (κ3) is 5.75. The molecule has 9 nitrogen and oxygen atoms in total. The average molecular weight is 524 g/mol. The van der Waals surface area contributed by atoms with Gasteiger partial charge in [-0.15, -0.1) is 0 Å². The van der Waals surface area contributed by atoms with Gasteiger partial charge in [0.15, 0.2) is 0 Å². The van der Waals surface area contributed by atoms with Crippen LogP contribution >= 0.6 is 23.2 Å². The molecule has 0 fully saturated rings. The number of carbonyl (C=O) groups is 2. The van der Waals surface area contributed by atoms with E-state index in [4.69, 9.17) is 37.4 Å². The molecule has 3 rings (SSSR count). The van der Waals surface area contributed by atoms with E-state index >= 15 is 0 Å². The molecule has 1 aromatic carbocycles. The zero-order valence-electron chi connectivity index (χ0n) is 19.8. The number of aromatic amines is 1. The smallest absolute Gasteiger partial charge is 0.336 e. The third-order valence-corrected chi connectivity index (χ3v) is 6.45. The molecule has 2 N–H and O–H groups in total. The van der Waals surface area contributed by atoms with E-state index in [9.17, 15) is 14.7 Å². The molecule has 3 atom stereocenters. The van der Waals surface area contributed by atoms with Gasteiger partial charge < -0.3 is 24.3 Å². The van der Waals surface area contributed by atoms with Gasteiger partial charge in [-0.25, -0.2) is 9.78 Å². The molecule has 188 valence electrons. The van der Waals surface area contributed by atoms with Crippen molar-refractivity contribution in [1.82, 2.24) is 9.97 Å². The minimum atomic E-state index is -1.41. The van der Waals surface area contributed by atoms with Crippen LogP contribution in [0.2, 0.25) is 10.0 Å². The fourth-order valence-corrected chi connectivity index (χ4v) is 4.42. The van der Waals surface area contributed by atoms with E-state index < -0.39 is 29.4 Å². The van der Waals surface area contributed by atoms with Gasteiger partial charge in [0.05, 0.1) is 48.2 Å². The molecule has 2 aromatic rings. The standard InChI is InChI=1S/C24H27Cl2N3O6/c1-5-35-22(31)19-16(11-34-12-24(3,32)23-27-9-10-28-23)29-13(2)17(21(30)33-4)18(19)14-7-6-8-15(25)20(14)26/h6-10,17-18,32H,5,11-12H2,1-4H3,(H,27,28). The summed E-state index contributed by atoms with van der Waals surface area (Å²) in [7, 11) is 1.26. The number of hydrogen-bond donors (Lipinski definition) is 2. The number of aliphatic imine (C=N–C) groups is 1. The van der Waals surface area contributed by atoms with Crippen LogP contribution in [0, 0.1) is 5.92 Å². The number of nitrogens with one attached hydrogen (secondary N) is 1. The van der Waals surface area contributed by atoms with Crippen LogP contribution in [0.25, 0.3) is 0 Å². The van der Waals surface area contributed by atoms with Crippen LogP contribution < -0.4 is 0 Å². The molecule has 0 bridgehead atoms. The molecule has 1 aliphatic rings. The Morgan fingerprint density at radius 3 is 2.66 bits per heavy atom. The van der Waals surface area contributed by atoms with Crippen molar-refractivity contribution in [3.8, 4) is 0 Å². The predicted octanol–water partition coefficient (Wildman–Crippen LogP) is 3.81. The second-order valence-corrected chi connectivity index (χ2v) is 8.95. The van der Waals surface area contributed by atoms with Gasteiger partial charge >= 0.3 is 11.9 Å². The number of esters is 2. The minimum Gasteiger partial charge on any atom is -0.468 e. The zero-order valence-corrected chi connectivity index (χ0v) is 21.3. The van der Waals surface area contributed by atoms with Crippen LogP contribution in [-0.2, 0) is 29.4 Å². The molecule has 0 radical (unpaired) electrons. The highest BCUT2D eigenvalue weighted by Crippen LogP contribution is 2.44. The van der Waals surface area contributed by atoms with Crippen LogP contribution in [0.3, 0.4) is 0 Å². The largest absolute Gasteiger partial charge is 0.468 e. The highest BCUT2D eigenvalue weighted by Gasteiger charge is 2.44. The van der Waals surface area contributed by atoms with Gasteiger partial charge in [0.25, 0.3) is 0 Å². The van der Waals surface area contributed by atoms with Gasteiger partial charge in [0, 0.05) is 24.0 Å². The van der Waals surface area contributed by atoms with Crippen molar-refractivity contribution in [2.45, 2.75) is 32.3 Å². The minimum absolute atomic E-state index is 0.102. The highest BCUT2D eigenvalue weighted by atomic mass is 35.5. The van der Waals surface area contributed by atoms with Gasteiger partial charge in [-0.3, -0.25) is 9.79 Å². The number of aliphatic hydroxyl groups is 1. The molecule has 11 heteroatoms. The first-order chi connectivity index (χ1) is 16.6. The summed E-state index contributed by atoms with van der Waals surface area (Å²) >= 11 is 12.8. The first-order valence-electron chi connectivity index (χ1n) is 10.9. The van der Waals surface area contributed by atoms with E-state index in [2.05, 4.69) is 15.0 Å². The van der Waals surface area contributed by atoms with Crippen LogP contribution in [0.5, 0.6) is 0 Å². The number of rotatable bonds is 9. The Labute approximate surface area is 213 Å². The van der Waals surface area contributed by atoms with Crippen LogP contribution in [0.1, 0.15) is 38.1 Å². The number of benzene rings is 1. The second-order valence-electron chi connectivity index (χ2n) is 8.16. The van der Waals surface area contributed by atoms with E-state index in [1.165, 1.54) is 13.3 Å². The summed E-state index contributed by atoms with van der Waals surface area (Å²) in [5, 5.41) is 11.2. The fourth-order valence-electron chi connectivity index (χ4n) is 4.00. The molecule has 3 unspecified atom stereocenters. The Kier molecular flexibility index (Phi) is 8.71. The van der Waals surface area contributed by atoms with Crippen LogP contribution in [0.15, 0.2) is 46.9 Å². The summed E-state index contributed by atoms with van der Waals surface area (Å²) in [6, 6.07) is 4.98. The second kappa shape index (κ2) is 11.3. The van der Waals surface area contributed by atoms with Crippen molar-refractivity contribution >= 4 is 40.9 Å². The van der Waals surface area contributed by atoms with Crippen molar-refractivity contribution in [1.29, 1.82) is 0 Å². The van der Waals surface area contributed by atoms with Crippen molar-refractivity contribution < 1.29 is 28.9 Å². The summed E-state index contributed by atoms with van der Waals surface area (Å²) in [5.74, 6) is -2.75. The normalized spacial score (nSPS) is 19.7. The molecular weight excluding hydrogens is 497 g/mol. The van der Waals surface area contributed by atoms with E-state index in [0.29, 0.717) is 17.1 Å². The Bertz CT molecular complexity index is 1140. The Morgan fingerprint density at radius 2 is 2.03 bits per heavy atom. The van der Waals surface area contributed by atoms with E-state index in [1.807, 2.05) is 0 Å². The Hall–Kier alpha value is -2.72. The monoisotopic (exact) mass is 523 g/mol. The van der Waals surface area contributed by atoms with Gasteiger partial charge in [0.2, 0.25) is 0 Å². The molecular formula is C24H27Cl2N3O6. The van der Waals surface area contributed by atoms with Crippen molar-refractivity contribution in [3.05, 3.63) is 63.3 Å². The van der Waals surface area contributed by atoms with E-state index in [0.717, 1.165) is 0 Å². The van der Waals surface area contributed by atoms with Gasteiger partial charge in [-0.05, 0) is 32.4 Å². The number of carbonyl (C=O) groups excluding carboxylic acids is 2. The topological polar surface area (TPSA) is 123 Å². The quantitative estimate of drug-likeness (QED) is 0.479. The number of H-pyrrole nitrogens is 1. The lowest BCUT2D eigenvalue weighted by Gasteiger charge is -2.32. The fraction of sp³-hybridized carbons (Fsp3) is 0.417. The highest BCUT2D eigenvalue weighted by molar-refractivity contribution is 6.42. The summed E-state index contributed by atoms with van der Waals surface area (Å²) in [6.45, 7) is 4.69. The molecule has 1 aliphatic heterocycles. The molecule has 2 heterocycles. The summed E-state index contributed by atoms with van der Waals surface area (Å²) in [6.07, 6.45) is 3.11. The predicted molar refractivity (Wildman–Crippen MR) is 130 cm³/mol. The van der Waals surface area contributed by atoms with Crippen LogP contribution in [0.4, 0.5) is 0 Å². The number of imidazole rings is 1. The molecule has 0 aliphatic carbocycles. The summed E-state index contributed by atoms with van der Waals surface area (Å²) < 4.78 is 16.1. The summed E-state index contributed by atoms with van der Waals surface area (Å²) in [5.41, 5.74) is -0.201. The number of aromatic nitrogens is 2. The van der Waals surface area contributed by atoms with Crippen molar-refractivity contribution in [2.75, 3.05) is 26.9 Å². The lowest BCUT2D eigenvalue weighted by Crippen LogP contribution is -2.37. The maximum absolute atomic E-state index is 13.2. The van der Waals surface area contributed by atoms with E-state index in [-0.39, 0.29) is 41.1 Å². The first kappa shape index (κ1) is 26.9. The molecule has 35 heavy (non-hydrogen) atoms. The maximum Gasteiger partial charge on any atom is 0.336 e. The number of hydrogen-bond acceptors (Lipinski definition) is 8. The molecule has 0 amide bonds. The Morgan fingerprint density at radius 1 is 1.29 bits per heavy atom. The first-order valence-corrected chi connectivity index (χ1v) is 11.6. The van der Waals surface area contributed by atoms with Crippen molar-refractivity contribution in [2.24, 2.45) is 10.9 Å². The van der Waals surface area contributed by atoms with E-state index in [1.54, 1.807) is 45.2 Å². The Balaban J connectivity index is 2.07. The number of ether oxygens (including phenoxy) is 3. The zero-order chi connectivity index (χ0) is 25.8. The maximum atomic E-state index is 13.2. The van der Waals surface area contributed by atoms with Gasteiger partial charge in [-0.1, -0.05) is 35.3 Å². The average Bonchev–Trinajstić information content (AvgIpc) is 3.36. The van der Waals surface area contributed by atoms with Crippen molar-refractivity contribution in [3.63, 3.8) is 0 Å². The number of nitrogens with zero attached hydrogens (tertiary/aromatic N) is 2. The lowest BCUT2D eigenvalue weighted by atomic mass is 9.75. The molecule has 0 saturated carbocycles.